The van der Waals surface area contributed by atoms with Crippen molar-refractivity contribution in [1.29, 1.82) is 0 Å². The van der Waals surface area contributed by atoms with Crippen molar-refractivity contribution in [2.75, 3.05) is 0 Å². The van der Waals surface area contributed by atoms with E-state index >= 15 is 0 Å². The lowest BCUT2D eigenvalue weighted by Gasteiger charge is -2.39. The van der Waals surface area contributed by atoms with Crippen LogP contribution < -0.4 is 0 Å². The standard InChI is InChI=1S/C16H18O2/c1-15(2)12-13-11(17)8-9-16(18-13,14(12)15)10-6-4-3-5-7-10/h3-7,12-14H,8-9H2,1-2H3/t12-,13-,14+,16-/m1/s1. The summed E-state index contributed by atoms with van der Waals surface area (Å²) in [5, 5.41) is 0. The van der Waals surface area contributed by atoms with Gasteiger partial charge in [0.2, 0.25) is 0 Å². The lowest BCUT2D eigenvalue weighted by molar-refractivity contribution is -0.160. The number of hydrogen-bond donors (Lipinski definition) is 0. The van der Waals surface area contributed by atoms with Crippen LogP contribution in [0.5, 0.6) is 0 Å². The van der Waals surface area contributed by atoms with E-state index in [2.05, 4.69) is 38.1 Å². The summed E-state index contributed by atoms with van der Waals surface area (Å²) < 4.78 is 6.23. The highest BCUT2D eigenvalue weighted by Gasteiger charge is 2.77. The fourth-order valence-electron chi connectivity index (χ4n) is 4.55. The molecule has 0 unspecified atom stereocenters. The Morgan fingerprint density at radius 2 is 1.94 bits per heavy atom. The van der Waals surface area contributed by atoms with Crippen LogP contribution in [0.2, 0.25) is 0 Å². The largest absolute Gasteiger partial charge is 0.359 e. The number of fused-ring (bicyclic) bond motifs is 5. The molecule has 94 valence electrons. The van der Waals surface area contributed by atoms with E-state index < -0.39 is 0 Å². The number of hydrogen-bond acceptors (Lipinski definition) is 2. The smallest absolute Gasteiger partial charge is 0.162 e. The van der Waals surface area contributed by atoms with Crippen molar-refractivity contribution >= 4 is 5.78 Å². The van der Waals surface area contributed by atoms with Crippen molar-refractivity contribution in [3.05, 3.63) is 35.9 Å². The Kier molecular flexibility index (Phi) is 1.82. The molecule has 1 aliphatic carbocycles. The second kappa shape index (κ2) is 3.05. The first-order valence-electron chi connectivity index (χ1n) is 6.83. The average molecular weight is 242 g/mol. The second-order valence-corrected chi connectivity index (χ2v) is 6.59. The molecule has 3 aliphatic rings. The summed E-state index contributed by atoms with van der Waals surface area (Å²) >= 11 is 0. The maximum absolute atomic E-state index is 12.0. The van der Waals surface area contributed by atoms with Crippen LogP contribution in [0.25, 0.3) is 0 Å². The zero-order chi connectivity index (χ0) is 12.5. The molecule has 0 N–H and O–H groups in total. The van der Waals surface area contributed by atoms with Crippen LogP contribution in [0, 0.1) is 17.3 Å². The van der Waals surface area contributed by atoms with Gasteiger partial charge in [0.05, 0.1) is 5.60 Å². The number of rotatable bonds is 1. The summed E-state index contributed by atoms with van der Waals surface area (Å²) in [6.45, 7) is 4.57. The normalized spacial score (nSPS) is 43.7. The predicted octanol–water partition coefficient (Wildman–Crippen LogP) is 2.92. The Labute approximate surface area is 107 Å². The minimum absolute atomic E-state index is 0.140. The van der Waals surface area contributed by atoms with Gasteiger partial charge in [-0.25, -0.2) is 0 Å². The Hall–Kier alpha value is -1.15. The fourth-order valence-corrected chi connectivity index (χ4v) is 4.55. The van der Waals surface area contributed by atoms with Gasteiger partial charge in [-0.3, -0.25) is 4.79 Å². The number of ketones is 1. The molecule has 1 aromatic carbocycles. The van der Waals surface area contributed by atoms with Crippen molar-refractivity contribution in [3.8, 4) is 0 Å². The van der Waals surface area contributed by atoms with E-state index in [0.717, 1.165) is 6.42 Å². The molecule has 2 aliphatic heterocycles. The van der Waals surface area contributed by atoms with Crippen molar-refractivity contribution < 1.29 is 9.53 Å². The molecule has 0 spiro atoms. The summed E-state index contributed by atoms with van der Waals surface area (Å²) in [4.78, 5) is 12.0. The SMILES string of the molecule is CC1(C)[C@@H]2[C@@H]3O[C@@](c4ccccc4)(CCC3=O)[C@@H]21. The molecular formula is C16H18O2. The van der Waals surface area contributed by atoms with Crippen molar-refractivity contribution in [1.82, 2.24) is 0 Å². The Bertz CT molecular complexity index is 519. The van der Waals surface area contributed by atoms with Crippen LogP contribution in [-0.4, -0.2) is 11.9 Å². The molecule has 1 aromatic rings. The molecule has 1 saturated carbocycles. The summed E-state index contributed by atoms with van der Waals surface area (Å²) in [5.41, 5.74) is 1.34. The number of benzene rings is 1. The fraction of sp³-hybridized carbons (Fsp3) is 0.562. The van der Waals surface area contributed by atoms with Crippen LogP contribution in [0.4, 0.5) is 0 Å². The van der Waals surface area contributed by atoms with Crippen LogP contribution >= 0.6 is 0 Å². The van der Waals surface area contributed by atoms with Crippen molar-refractivity contribution in [2.24, 2.45) is 17.3 Å². The molecule has 4 atom stereocenters. The van der Waals surface area contributed by atoms with Crippen LogP contribution in [0.15, 0.2) is 30.3 Å². The molecule has 0 radical (unpaired) electrons. The van der Waals surface area contributed by atoms with Gasteiger partial charge in [0, 0.05) is 18.3 Å². The monoisotopic (exact) mass is 242 g/mol. The molecule has 0 amide bonds. The number of carbonyl (C=O) groups is 1. The summed E-state index contributed by atoms with van der Waals surface area (Å²) in [5.74, 6) is 1.27. The van der Waals surface area contributed by atoms with Gasteiger partial charge in [-0.15, -0.1) is 0 Å². The van der Waals surface area contributed by atoms with Gasteiger partial charge in [0.15, 0.2) is 5.78 Å². The summed E-state index contributed by atoms with van der Waals surface area (Å²) in [6.07, 6.45) is 1.40. The number of carbonyl (C=O) groups excluding carboxylic acids is 1. The third-order valence-corrected chi connectivity index (χ3v) is 5.40. The van der Waals surface area contributed by atoms with Gasteiger partial charge < -0.3 is 4.74 Å². The lowest BCUT2D eigenvalue weighted by Crippen LogP contribution is -2.42. The minimum Gasteiger partial charge on any atom is -0.359 e. The highest BCUT2D eigenvalue weighted by Crippen LogP contribution is 2.75. The van der Waals surface area contributed by atoms with Crippen molar-refractivity contribution in [3.63, 3.8) is 0 Å². The van der Waals surface area contributed by atoms with E-state index in [1.807, 2.05) is 6.07 Å². The Morgan fingerprint density at radius 1 is 1.22 bits per heavy atom. The van der Waals surface area contributed by atoms with E-state index in [1.165, 1.54) is 5.56 Å². The van der Waals surface area contributed by atoms with E-state index in [-0.39, 0.29) is 17.1 Å². The minimum atomic E-state index is -0.187. The third-order valence-electron chi connectivity index (χ3n) is 5.40. The molecule has 2 bridgehead atoms. The van der Waals surface area contributed by atoms with E-state index in [0.29, 0.717) is 24.0 Å². The van der Waals surface area contributed by atoms with E-state index in [9.17, 15) is 4.79 Å². The number of Topliss-reactive ketones (excluding diaryl/α,β-unsaturated/α-hetero) is 1. The van der Waals surface area contributed by atoms with Gasteiger partial charge in [0.1, 0.15) is 6.10 Å². The maximum Gasteiger partial charge on any atom is 0.162 e. The highest BCUT2D eigenvalue weighted by atomic mass is 16.5. The first-order chi connectivity index (χ1) is 8.57. The Balaban J connectivity index is 1.84. The van der Waals surface area contributed by atoms with Gasteiger partial charge >= 0.3 is 0 Å². The van der Waals surface area contributed by atoms with Crippen LogP contribution in [-0.2, 0) is 15.1 Å². The summed E-state index contributed by atoms with van der Waals surface area (Å²) in [6, 6.07) is 10.5. The molecule has 3 fully saturated rings. The van der Waals surface area contributed by atoms with Gasteiger partial charge in [-0.05, 0) is 17.4 Å². The summed E-state index contributed by atoms with van der Waals surface area (Å²) in [7, 11) is 0. The number of ether oxygens (including phenoxy) is 1. The maximum atomic E-state index is 12.0. The van der Waals surface area contributed by atoms with Crippen LogP contribution in [0.3, 0.4) is 0 Å². The molecule has 2 heterocycles. The van der Waals surface area contributed by atoms with Gasteiger partial charge in [0.25, 0.3) is 0 Å². The molecule has 2 nitrogen and oxygen atoms in total. The predicted molar refractivity (Wildman–Crippen MR) is 68.0 cm³/mol. The second-order valence-electron chi connectivity index (χ2n) is 6.59. The van der Waals surface area contributed by atoms with Gasteiger partial charge in [-0.1, -0.05) is 44.2 Å². The quantitative estimate of drug-likeness (QED) is 0.757. The zero-order valence-corrected chi connectivity index (χ0v) is 10.8. The first kappa shape index (κ1) is 10.7. The van der Waals surface area contributed by atoms with Crippen LogP contribution in [0.1, 0.15) is 32.3 Å². The zero-order valence-electron chi connectivity index (χ0n) is 10.8. The van der Waals surface area contributed by atoms with Crippen molar-refractivity contribution in [2.45, 2.75) is 38.4 Å². The topological polar surface area (TPSA) is 26.3 Å². The molecule has 2 heteroatoms. The molecular weight excluding hydrogens is 224 g/mol. The molecule has 2 saturated heterocycles. The molecule has 18 heavy (non-hydrogen) atoms. The van der Waals surface area contributed by atoms with E-state index in [4.69, 9.17) is 4.74 Å². The Morgan fingerprint density at radius 3 is 2.67 bits per heavy atom. The van der Waals surface area contributed by atoms with E-state index in [1.54, 1.807) is 0 Å². The first-order valence-corrected chi connectivity index (χ1v) is 6.83. The third kappa shape index (κ3) is 1.06. The average Bonchev–Trinajstić information content (AvgIpc) is 2.83. The van der Waals surface area contributed by atoms with Gasteiger partial charge in [-0.2, -0.15) is 0 Å². The lowest BCUT2D eigenvalue weighted by atomic mass is 9.80. The molecule has 0 aromatic heterocycles. The highest BCUT2D eigenvalue weighted by molar-refractivity contribution is 5.86. The molecule has 4 rings (SSSR count).